The highest BCUT2D eigenvalue weighted by Crippen LogP contribution is 2.19. The lowest BCUT2D eigenvalue weighted by Crippen LogP contribution is -2.44. The molecule has 2 saturated heterocycles. The Bertz CT molecular complexity index is 1060. The molecule has 4 rings (SSSR count). The van der Waals surface area contributed by atoms with Gasteiger partial charge in [0.2, 0.25) is 0 Å². The molecule has 2 aliphatic rings. The van der Waals surface area contributed by atoms with Crippen LogP contribution in [0.5, 0.6) is 0 Å². The van der Waals surface area contributed by atoms with Crippen LogP contribution < -0.4 is 0 Å². The summed E-state index contributed by atoms with van der Waals surface area (Å²) in [6.45, 7) is 2.67. The molecule has 0 spiro atoms. The van der Waals surface area contributed by atoms with E-state index in [0.29, 0.717) is 49.6 Å². The van der Waals surface area contributed by atoms with Crippen molar-refractivity contribution in [3.05, 3.63) is 78.3 Å². The maximum absolute atomic E-state index is 11.3. The van der Waals surface area contributed by atoms with Crippen LogP contribution in [0.1, 0.15) is 11.1 Å². The Morgan fingerprint density at radius 1 is 0.743 bits per heavy atom. The number of nitro groups is 2. The van der Waals surface area contributed by atoms with Gasteiger partial charge in [0.1, 0.15) is 20.5 Å². The molecule has 0 saturated carbocycles. The van der Waals surface area contributed by atoms with Crippen LogP contribution in [0.15, 0.2) is 46.9 Å². The second-order valence-electron chi connectivity index (χ2n) is 7.77. The van der Waals surface area contributed by atoms with Gasteiger partial charge in [-0.05, 0) is 23.3 Å². The van der Waals surface area contributed by atoms with Gasteiger partial charge < -0.3 is 19.6 Å². The van der Waals surface area contributed by atoms with E-state index in [1.807, 2.05) is 0 Å². The molecule has 184 valence electrons. The Labute approximate surface area is 209 Å². The van der Waals surface area contributed by atoms with Gasteiger partial charge in [-0.1, -0.05) is 35.3 Å². The van der Waals surface area contributed by atoms with E-state index in [1.54, 1.807) is 56.3 Å². The second kappa shape index (κ2) is 10.7. The number of hydrogen-bond acceptors (Lipinski definition) is 6. The lowest BCUT2D eigenvalue weighted by molar-refractivity contribution is -0.486. The molecule has 16 heteroatoms. The molecule has 0 N–H and O–H groups in total. The number of hydrogen-bond donors (Lipinski definition) is 0. The van der Waals surface area contributed by atoms with Crippen LogP contribution in [0.2, 0.25) is 10.3 Å². The Kier molecular flexibility index (Phi) is 7.41. The third-order valence-corrected chi connectivity index (χ3v) is 5.87. The minimum absolute atomic E-state index is 0.143. The van der Waals surface area contributed by atoms with E-state index < -0.39 is 10.1 Å². The van der Waals surface area contributed by atoms with E-state index in [2.05, 4.69) is 20.2 Å². The van der Waals surface area contributed by atoms with E-state index >= 15 is 0 Å². The molecular formula is C19H20Cl2N10O4. The summed E-state index contributed by atoms with van der Waals surface area (Å²) in [6, 6.07) is 6.86. The first kappa shape index (κ1) is 24.3. The molecule has 0 amide bonds. The highest BCUT2D eigenvalue weighted by atomic mass is 35.5. The smallest absolute Gasteiger partial charge is 0.275 e. The molecule has 4 heterocycles. The summed E-state index contributed by atoms with van der Waals surface area (Å²) in [6.07, 6.45) is 3.20. The van der Waals surface area contributed by atoms with E-state index in [0.717, 1.165) is 11.1 Å². The van der Waals surface area contributed by atoms with Gasteiger partial charge in [-0.15, -0.1) is 0 Å². The van der Waals surface area contributed by atoms with E-state index in [9.17, 15) is 20.2 Å². The molecular weight excluding hydrogens is 503 g/mol. The van der Waals surface area contributed by atoms with Gasteiger partial charge in [0.05, 0.1) is 6.67 Å². The van der Waals surface area contributed by atoms with Crippen LogP contribution in [0.4, 0.5) is 0 Å². The zero-order chi connectivity index (χ0) is 24.9. The Hall–Kier alpha value is -3.78. The fourth-order valence-electron chi connectivity index (χ4n) is 3.90. The summed E-state index contributed by atoms with van der Waals surface area (Å²) in [5.41, 5.74) is 1.62. The van der Waals surface area contributed by atoms with Gasteiger partial charge in [0.15, 0.2) is 10.1 Å². The van der Waals surface area contributed by atoms with Crippen molar-refractivity contribution in [1.82, 2.24) is 29.6 Å². The molecule has 2 aromatic rings. The van der Waals surface area contributed by atoms with E-state index in [1.165, 1.54) is 0 Å². The Morgan fingerprint density at radius 2 is 1.14 bits per heavy atom. The number of guanidine groups is 2. The third kappa shape index (κ3) is 6.22. The highest BCUT2D eigenvalue weighted by Gasteiger charge is 2.36. The maximum Gasteiger partial charge on any atom is 0.275 e. The third-order valence-electron chi connectivity index (χ3n) is 5.42. The number of nitrogens with zero attached hydrogens (tertiary/aromatic N) is 10. The van der Waals surface area contributed by atoms with Crippen LogP contribution in [-0.4, -0.2) is 84.4 Å². The highest BCUT2D eigenvalue weighted by molar-refractivity contribution is 6.29. The molecule has 0 radical (unpaired) electrons. The van der Waals surface area contributed by atoms with Crippen molar-refractivity contribution in [2.24, 2.45) is 10.2 Å². The van der Waals surface area contributed by atoms with Crippen molar-refractivity contribution in [1.29, 1.82) is 0 Å². The minimum atomic E-state index is -0.753. The molecule has 35 heavy (non-hydrogen) atoms. The fourth-order valence-corrected chi connectivity index (χ4v) is 4.12. The molecule has 14 nitrogen and oxygen atoms in total. The van der Waals surface area contributed by atoms with Gasteiger partial charge in [0, 0.05) is 51.7 Å². The number of rotatable bonds is 8. The summed E-state index contributed by atoms with van der Waals surface area (Å²) < 4.78 is 0. The molecule has 0 bridgehead atoms. The Balaban J connectivity index is 1.50. The first-order chi connectivity index (χ1) is 16.8. The van der Waals surface area contributed by atoms with Crippen LogP contribution >= 0.6 is 23.2 Å². The lowest BCUT2D eigenvalue weighted by atomic mass is 10.3. The molecule has 0 aliphatic carbocycles. The largest absolute Gasteiger partial charge is 0.331 e. The van der Waals surface area contributed by atoms with Crippen molar-refractivity contribution >= 4 is 35.1 Å². The first-order valence-electron chi connectivity index (χ1n) is 10.4. The average Bonchev–Trinajstić information content (AvgIpc) is 3.35. The first-order valence-corrected chi connectivity index (χ1v) is 11.2. The predicted octanol–water partition coefficient (Wildman–Crippen LogP) is 1.77. The molecule has 0 aromatic carbocycles. The van der Waals surface area contributed by atoms with Crippen molar-refractivity contribution < 1.29 is 10.1 Å². The van der Waals surface area contributed by atoms with Crippen molar-refractivity contribution in [2.75, 3.05) is 32.8 Å². The van der Waals surface area contributed by atoms with Gasteiger partial charge in [0.25, 0.3) is 11.9 Å². The van der Waals surface area contributed by atoms with Gasteiger partial charge >= 0.3 is 0 Å². The molecule has 0 atom stereocenters. The van der Waals surface area contributed by atoms with Crippen LogP contribution in [0, 0.1) is 20.2 Å². The van der Waals surface area contributed by atoms with E-state index in [-0.39, 0.29) is 18.6 Å². The summed E-state index contributed by atoms with van der Waals surface area (Å²) in [7, 11) is 0. The van der Waals surface area contributed by atoms with Gasteiger partial charge in [-0.2, -0.15) is 0 Å². The van der Waals surface area contributed by atoms with Crippen LogP contribution in [0.25, 0.3) is 0 Å². The summed E-state index contributed by atoms with van der Waals surface area (Å²) in [5.74, 6) is 0.316. The number of aromatic nitrogens is 2. The van der Waals surface area contributed by atoms with Crippen LogP contribution in [-0.2, 0) is 13.1 Å². The summed E-state index contributed by atoms with van der Waals surface area (Å²) >= 11 is 11.7. The fraction of sp³-hybridized carbons (Fsp3) is 0.368. The van der Waals surface area contributed by atoms with Crippen LogP contribution in [0.3, 0.4) is 0 Å². The van der Waals surface area contributed by atoms with Crippen molar-refractivity contribution in [3.63, 3.8) is 0 Å². The summed E-state index contributed by atoms with van der Waals surface area (Å²) in [5, 5.41) is 28.9. The zero-order valence-electron chi connectivity index (χ0n) is 18.3. The standard InChI is InChI=1S/C19H20Cl2N10O4/c20-16-3-1-14(9-22-16)11-26-5-7-28(18(26)24-30(32)33)13-29-8-6-27(19(29)25-31(34)35)12-15-2-4-17(21)23-10-15/h1-4,9-10H,5-8,11-13H2/b24-18+,25-19+. The number of halogens is 2. The number of pyridine rings is 2. The second-order valence-corrected chi connectivity index (χ2v) is 8.54. The monoisotopic (exact) mass is 522 g/mol. The van der Waals surface area contributed by atoms with Crippen molar-refractivity contribution in [2.45, 2.75) is 13.1 Å². The van der Waals surface area contributed by atoms with Gasteiger partial charge in [-0.25, -0.2) is 30.2 Å². The Morgan fingerprint density at radius 3 is 1.49 bits per heavy atom. The molecule has 2 aromatic heterocycles. The normalized spacial score (nSPS) is 18.2. The zero-order valence-corrected chi connectivity index (χ0v) is 19.8. The topological polar surface area (TPSA) is 150 Å². The SMILES string of the molecule is O=[N+]([O-])/N=C1\N(Cc2ccc(Cl)nc2)CCN1CN1CCN(Cc2ccc(Cl)nc2)/C1=N\[N+](=O)[O-]. The quantitative estimate of drug-likeness (QED) is 0.285. The predicted molar refractivity (Wildman–Crippen MR) is 126 cm³/mol. The lowest BCUT2D eigenvalue weighted by Gasteiger charge is -2.26. The van der Waals surface area contributed by atoms with Gasteiger partial charge in [-0.3, -0.25) is 0 Å². The molecule has 2 aliphatic heterocycles. The molecule has 2 fully saturated rings. The maximum atomic E-state index is 11.3. The van der Waals surface area contributed by atoms with E-state index in [4.69, 9.17) is 23.2 Å². The number of hydrazone groups is 2. The molecule has 0 unspecified atom stereocenters. The summed E-state index contributed by atoms with van der Waals surface area (Å²) in [4.78, 5) is 37.5. The van der Waals surface area contributed by atoms with Crippen molar-refractivity contribution in [3.8, 4) is 0 Å². The minimum Gasteiger partial charge on any atom is -0.331 e. The average molecular weight is 523 g/mol.